The van der Waals surface area contributed by atoms with Crippen LogP contribution in [0, 0.1) is 12.5 Å². The Balaban J connectivity index is 1.18. The smallest absolute Gasteiger partial charge is 0.245 e. The summed E-state index contributed by atoms with van der Waals surface area (Å²) in [7, 11) is -3.46. The number of sulfonamides is 1. The number of piperazine rings is 1. The summed E-state index contributed by atoms with van der Waals surface area (Å²) in [5.41, 5.74) is 4.41. The minimum atomic E-state index is -3.46. The number of nitrogens with zero attached hydrogens (tertiary/aromatic N) is 3. The first-order valence-corrected chi connectivity index (χ1v) is 17.7. The molecule has 0 spiro atoms. The molecule has 45 heavy (non-hydrogen) atoms. The van der Waals surface area contributed by atoms with E-state index in [0.29, 0.717) is 55.8 Å². The van der Waals surface area contributed by atoms with E-state index in [9.17, 15) is 18.0 Å². The lowest BCUT2D eigenvalue weighted by Gasteiger charge is -2.39. The zero-order valence-corrected chi connectivity index (χ0v) is 26.9. The van der Waals surface area contributed by atoms with Gasteiger partial charge in [0.2, 0.25) is 21.8 Å². The number of nitrogens with one attached hydrogen (secondary N) is 2. The highest BCUT2D eigenvalue weighted by molar-refractivity contribution is 7.92. The molecule has 11 heteroatoms. The predicted octanol–water partition coefficient (Wildman–Crippen LogP) is 3.94. The molecule has 6 rings (SSSR count). The SMILES string of the molecule is CS(=O)(=O)N(CC1CC1)c1ccccc1N1CCN(C(=O)[C@@H](Cc2ccc(Cl)cc2)NC(=O)C2N[CH]Cc3ccccc32)CC1. The van der Waals surface area contributed by atoms with Crippen LogP contribution in [0.4, 0.5) is 11.4 Å². The van der Waals surface area contributed by atoms with E-state index in [-0.39, 0.29) is 11.8 Å². The normalized spacial score (nSPS) is 19.0. The highest BCUT2D eigenvalue weighted by atomic mass is 35.5. The van der Waals surface area contributed by atoms with E-state index in [0.717, 1.165) is 41.6 Å². The van der Waals surface area contributed by atoms with Crippen molar-refractivity contribution in [3.05, 3.63) is 101 Å². The average Bonchev–Trinajstić information content (AvgIpc) is 3.88. The number of fused-ring (bicyclic) bond motifs is 1. The number of rotatable bonds is 10. The van der Waals surface area contributed by atoms with Crippen LogP contribution in [0.15, 0.2) is 72.8 Å². The molecule has 3 aliphatic rings. The third-order valence-electron chi connectivity index (χ3n) is 8.81. The number of hydrogen-bond acceptors (Lipinski definition) is 6. The fourth-order valence-corrected chi connectivity index (χ4v) is 7.30. The molecule has 0 aromatic heterocycles. The van der Waals surface area contributed by atoms with Crippen LogP contribution in [0.25, 0.3) is 0 Å². The van der Waals surface area contributed by atoms with Crippen LogP contribution in [0.2, 0.25) is 5.02 Å². The van der Waals surface area contributed by atoms with Crippen LogP contribution in [-0.4, -0.2) is 70.2 Å². The maximum absolute atomic E-state index is 14.1. The second-order valence-electron chi connectivity index (χ2n) is 12.1. The number of carbonyl (C=O) groups is 2. The highest BCUT2D eigenvalue weighted by Crippen LogP contribution is 2.37. The van der Waals surface area contributed by atoms with Crippen molar-refractivity contribution >= 4 is 44.8 Å². The maximum Gasteiger partial charge on any atom is 0.245 e. The minimum Gasteiger partial charge on any atom is -0.366 e. The number of benzene rings is 3. The standard InChI is InChI=1S/C34H39ClN5O4S/c1-45(43,44)40(23-25-10-11-25)31-9-5-4-8-30(31)38-18-20-39(21-19-38)34(42)29(22-24-12-14-27(35)15-13-24)37-33(41)32-28-7-3-2-6-26(28)16-17-36-32/h2-9,12-15,17,25,29,32,36H,10-11,16,18-23H2,1H3,(H,37,41)/t29-,32?/m1/s1. The first-order valence-electron chi connectivity index (χ1n) is 15.5. The Hall–Kier alpha value is -3.60. The highest BCUT2D eigenvalue weighted by Gasteiger charge is 2.34. The summed E-state index contributed by atoms with van der Waals surface area (Å²) in [5.74, 6) is -0.00850. The van der Waals surface area contributed by atoms with E-state index < -0.39 is 22.1 Å². The van der Waals surface area contributed by atoms with Crippen molar-refractivity contribution in [3.8, 4) is 0 Å². The first-order chi connectivity index (χ1) is 21.7. The van der Waals surface area contributed by atoms with E-state index in [1.54, 1.807) is 17.0 Å². The Labute approximate surface area is 270 Å². The van der Waals surface area contributed by atoms with Crippen molar-refractivity contribution in [1.29, 1.82) is 0 Å². The van der Waals surface area contributed by atoms with Crippen LogP contribution in [0.3, 0.4) is 0 Å². The predicted molar refractivity (Wildman–Crippen MR) is 178 cm³/mol. The van der Waals surface area contributed by atoms with Gasteiger partial charge in [-0.25, -0.2) is 8.42 Å². The van der Waals surface area contributed by atoms with Crippen molar-refractivity contribution in [2.45, 2.75) is 37.8 Å². The van der Waals surface area contributed by atoms with Crippen molar-refractivity contribution in [2.24, 2.45) is 5.92 Å². The molecular weight excluding hydrogens is 610 g/mol. The Kier molecular flexibility index (Phi) is 9.35. The molecular formula is C34H39ClN5O4S. The summed E-state index contributed by atoms with van der Waals surface area (Å²) in [5, 5.41) is 6.87. The molecule has 9 nitrogen and oxygen atoms in total. The number of anilines is 2. The molecule has 1 saturated carbocycles. The first kappa shape index (κ1) is 31.4. The summed E-state index contributed by atoms with van der Waals surface area (Å²) in [6.45, 7) is 4.34. The fraction of sp³-hybridized carbons (Fsp3) is 0.382. The molecule has 1 radical (unpaired) electrons. The van der Waals surface area contributed by atoms with Gasteiger partial charge >= 0.3 is 0 Å². The largest absolute Gasteiger partial charge is 0.366 e. The van der Waals surface area contributed by atoms with E-state index in [1.807, 2.05) is 67.2 Å². The van der Waals surface area contributed by atoms with Gasteiger partial charge in [-0.15, -0.1) is 0 Å². The minimum absolute atomic E-state index is 0.147. The van der Waals surface area contributed by atoms with E-state index in [1.165, 1.54) is 10.6 Å². The van der Waals surface area contributed by atoms with Crippen LogP contribution in [0.5, 0.6) is 0 Å². The van der Waals surface area contributed by atoms with E-state index in [2.05, 4.69) is 15.5 Å². The van der Waals surface area contributed by atoms with Gasteiger partial charge in [0, 0.05) is 50.7 Å². The number of halogens is 1. The lowest BCUT2D eigenvalue weighted by atomic mass is 9.93. The quantitative estimate of drug-likeness (QED) is 0.346. The van der Waals surface area contributed by atoms with Gasteiger partial charge in [-0.2, -0.15) is 0 Å². The molecule has 0 bridgehead atoms. The molecule has 2 atom stereocenters. The third-order valence-corrected chi connectivity index (χ3v) is 10.2. The summed E-state index contributed by atoms with van der Waals surface area (Å²) < 4.78 is 27.1. The molecule has 2 amide bonds. The Bertz CT molecular complexity index is 1640. The molecule has 3 aromatic carbocycles. The fourth-order valence-electron chi connectivity index (χ4n) is 6.18. The molecule has 237 valence electrons. The third kappa shape index (κ3) is 7.45. The molecule has 2 N–H and O–H groups in total. The van der Waals surface area contributed by atoms with Crippen molar-refractivity contribution in [3.63, 3.8) is 0 Å². The van der Waals surface area contributed by atoms with Crippen molar-refractivity contribution in [1.82, 2.24) is 15.5 Å². The van der Waals surface area contributed by atoms with Gasteiger partial charge < -0.3 is 15.1 Å². The summed E-state index contributed by atoms with van der Waals surface area (Å²) in [6, 6.07) is 21.4. The van der Waals surface area contributed by atoms with Crippen molar-refractivity contribution in [2.75, 3.05) is 48.2 Å². The zero-order valence-electron chi connectivity index (χ0n) is 25.4. The Morgan fingerprint density at radius 3 is 2.38 bits per heavy atom. The Morgan fingerprint density at radius 2 is 1.67 bits per heavy atom. The van der Waals surface area contributed by atoms with E-state index >= 15 is 0 Å². The summed E-state index contributed by atoms with van der Waals surface area (Å²) in [6.07, 6.45) is 4.41. The van der Waals surface area contributed by atoms with Gasteiger partial charge in [-0.1, -0.05) is 60.1 Å². The second-order valence-corrected chi connectivity index (χ2v) is 14.5. The Morgan fingerprint density at radius 1 is 0.978 bits per heavy atom. The van der Waals surface area contributed by atoms with Crippen molar-refractivity contribution < 1.29 is 18.0 Å². The molecule has 2 fully saturated rings. The number of hydrogen-bond donors (Lipinski definition) is 2. The zero-order chi connectivity index (χ0) is 31.6. The van der Waals surface area contributed by atoms with Crippen LogP contribution < -0.4 is 19.8 Å². The van der Waals surface area contributed by atoms with Gasteiger partial charge in [0.15, 0.2) is 0 Å². The molecule has 3 aromatic rings. The molecule has 1 unspecified atom stereocenters. The number of carbonyl (C=O) groups excluding carboxylic acids is 2. The van der Waals surface area contributed by atoms with E-state index in [4.69, 9.17) is 11.6 Å². The lowest BCUT2D eigenvalue weighted by molar-refractivity contribution is -0.137. The van der Waals surface area contributed by atoms with Gasteiger partial charge in [0.1, 0.15) is 12.1 Å². The number of para-hydroxylation sites is 2. The van der Waals surface area contributed by atoms with Gasteiger partial charge in [-0.3, -0.25) is 19.2 Å². The summed E-state index contributed by atoms with van der Waals surface area (Å²) in [4.78, 5) is 31.7. The summed E-state index contributed by atoms with van der Waals surface area (Å²) >= 11 is 6.12. The monoisotopic (exact) mass is 648 g/mol. The average molecular weight is 649 g/mol. The van der Waals surface area contributed by atoms with Gasteiger partial charge in [-0.05, 0) is 66.1 Å². The van der Waals surface area contributed by atoms with Crippen LogP contribution in [0.1, 0.15) is 35.6 Å². The van der Waals surface area contributed by atoms with Crippen LogP contribution >= 0.6 is 11.6 Å². The van der Waals surface area contributed by atoms with Gasteiger partial charge in [0.05, 0.1) is 17.6 Å². The topological polar surface area (TPSA) is 102 Å². The molecule has 2 aliphatic heterocycles. The maximum atomic E-state index is 14.1. The van der Waals surface area contributed by atoms with Crippen LogP contribution in [-0.2, 0) is 32.5 Å². The molecule has 1 saturated heterocycles. The molecule has 1 aliphatic carbocycles. The molecule has 2 heterocycles. The number of amides is 2. The lowest BCUT2D eigenvalue weighted by Crippen LogP contribution is -2.57. The van der Waals surface area contributed by atoms with Gasteiger partial charge in [0.25, 0.3) is 0 Å². The second kappa shape index (κ2) is 13.4.